The highest BCUT2D eigenvalue weighted by molar-refractivity contribution is 5.95. The molecule has 1 aromatic carbocycles. The van der Waals surface area contributed by atoms with Crippen LogP contribution in [0.1, 0.15) is 15.9 Å². The van der Waals surface area contributed by atoms with Crippen molar-refractivity contribution in [3.05, 3.63) is 59.9 Å². The molecule has 2 aromatic rings. The van der Waals surface area contributed by atoms with Gasteiger partial charge in [-0.05, 0) is 24.3 Å². The molecule has 1 N–H and O–H groups in total. The first-order valence-electron chi connectivity index (χ1n) is 6.06. The lowest BCUT2D eigenvalue weighted by Crippen LogP contribution is -2.37. The van der Waals surface area contributed by atoms with E-state index in [0.717, 1.165) is 11.3 Å². The Labute approximate surface area is 116 Å². The lowest BCUT2D eigenvalue weighted by Gasteiger charge is -2.01. The third-order valence-corrected chi connectivity index (χ3v) is 2.86. The molecule has 102 valence electrons. The summed E-state index contributed by atoms with van der Waals surface area (Å²) in [5.74, 6) is 0.739. The molecule has 20 heavy (non-hydrogen) atoms. The summed E-state index contributed by atoms with van der Waals surface area (Å²) in [4.78, 5) is 12.1. The lowest BCUT2D eigenvalue weighted by molar-refractivity contribution is -0.683. The molecule has 1 aromatic heterocycles. The molecule has 5 nitrogen and oxygen atoms in total. The molecule has 0 spiro atoms. The van der Waals surface area contributed by atoms with E-state index >= 15 is 0 Å². The number of nitrogens with zero attached hydrogens (tertiary/aromatic N) is 2. The van der Waals surface area contributed by atoms with E-state index in [1.165, 1.54) is 6.21 Å². The summed E-state index contributed by atoms with van der Waals surface area (Å²) < 4.78 is 6.82. The van der Waals surface area contributed by atoms with Gasteiger partial charge in [0.15, 0.2) is 12.4 Å². The van der Waals surface area contributed by atoms with Crippen molar-refractivity contribution < 1.29 is 19.3 Å². The quantitative estimate of drug-likeness (QED) is 0.296. The van der Waals surface area contributed by atoms with Crippen molar-refractivity contribution in [2.75, 3.05) is 7.11 Å². The minimum absolute atomic E-state index is 0.0150. The maximum Gasteiger partial charge on any atom is 0.227 e. The normalized spacial score (nSPS) is 10.7. The fraction of sp³-hybridized carbons (Fsp3) is 0.133. The molecule has 0 atom stereocenters. The molecule has 0 saturated carbocycles. The van der Waals surface area contributed by atoms with Gasteiger partial charge in [0.05, 0.1) is 13.3 Å². The predicted octanol–water partition coefficient (Wildman–Crippen LogP) is 1.67. The van der Waals surface area contributed by atoms with Gasteiger partial charge in [0.25, 0.3) is 0 Å². The van der Waals surface area contributed by atoms with Gasteiger partial charge in [-0.3, -0.25) is 4.79 Å². The van der Waals surface area contributed by atoms with Crippen molar-refractivity contribution >= 4 is 12.0 Å². The van der Waals surface area contributed by atoms with E-state index in [9.17, 15) is 4.79 Å². The van der Waals surface area contributed by atoms with E-state index in [4.69, 9.17) is 9.94 Å². The number of ketones is 1. The van der Waals surface area contributed by atoms with Crippen molar-refractivity contribution in [3.63, 3.8) is 0 Å². The molecule has 0 amide bonds. The maximum absolute atomic E-state index is 12.1. The molecule has 0 aliphatic carbocycles. The van der Waals surface area contributed by atoms with E-state index in [1.54, 1.807) is 60.5 Å². The molecule has 0 saturated heterocycles. The molecular formula is C15H15N2O3+. The number of ether oxygens (including phenoxy) is 1. The standard InChI is InChI=1S/C15H14N2O3/c1-20-14-4-2-13(3-5-14)15(18)11-17-8-6-12(7-9-17)10-16-19/h2-10H,11H2,1H3/p+1. The van der Waals surface area contributed by atoms with Crippen LogP contribution in [0.4, 0.5) is 0 Å². The maximum atomic E-state index is 12.1. The molecule has 0 bridgehead atoms. The molecular weight excluding hydrogens is 256 g/mol. The number of Topliss-reactive ketones (excluding diaryl/α,β-unsaturated/α-hetero) is 1. The van der Waals surface area contributed by atoms with Gasteiger partial charge < -0.3 is 9.94 Å². The van der Waals surface area contributed by atoms with Crippen molar-refractivity contribution in [2.45, 2.75) is 6.54 Å². The third kappa shape index (κ3) is 3.41. The summed E-state index contributed by atoms with van der Waals surface area (Å²) in [7, 11) is 1.59. The summed E-state index contributed by atoms with van der Waals surface area (Å²) >= 11 is 0. The van der Waals surface area contributed by atoms with Gasteiger partial charge in [-0.25, -0.2) is 0 Å². The second-order valence-corrected chi connectivity index (χ2v) is 4.20. The van der Waals surface area contributed by atoms with Gasteiger partial charge in [-0.15, -0.1) is 0 Å². The van der Waals surface area contributed by atoms with Gasteiger partial charge in [-0.2, -0.15) is 4.57 Å². The Morgan fingerprint density at radius 3 is 2.45 bits per heavy atom. The summed E-state index contributed by atoms with van der Waals surface area (Å²) in [6.07, 6.45) is 4.85. The van der Waals surface area contributed by atoms with Crippen LogP contribution in [-0.2, 0) is 6.54 Å². The molecule has 0 aliphatic heterocycles. The Bertz CT molecular complexity index is 604. The largest absolute Gasteiger partial charge is 0.497 e. The Morgan fingerprint density at radius 1 is 1.25 bits per heavy atom. The third-order valence-electron chi connectivity index (χ3n) is 2.86. The van der Waals surface area contributed by atoms with Crippen molar-refractivity contribution in [3.8, 4) is 5.75 Å². The van der Waals surface area contributed by atoms with E-state index in [1.807, 2.05) is 0 Å². The zero-order chi connectivity index (χ0) is 14.4. The number of rotatable bonds is 5. The summed E-state index contributed by atoms with van der Waals surface area (Å²) in [5, 5.41) is 11.4. The smallest absolute Gasteiger partial charge is 0.227 e. The first-order chi connectivity index (χ1) is 9.72. The van der Waals surface area contributed by atoms with Crippen LogP contribution in [0, 0.1) is 0 Å². The molecule has 0 fully saturated rings. The van der Waals surface area contributed by atoms with Crippen LogP contribution < -0.4 is 9.30 Å². The van der Waals surface area contributed by atoms with Crippen LogP contribution in [0.15, 0.2) is 53.9 Å². The van der Waals surface area contributed by atoms with Crippen LogP contribution >= 0.6 is 0 Å². The molecule has 0 unspecified atom stereocenters. The molecule has 0 radical (unpaired) electrons. The number of pyridine rings is 1. The van der Waals surface area contributed by atoms with Gasteiger partial charge in [0.2, 0.25) is 12.3 Å². The van der Waals surface area contributed by atoms with E-state index in [-0.39, 0.29) is 12.3 Å². The van der Waals surface area contributed by atoms with Crippen molar-refractivity contribution in [1.82, 2.24) is 0 Å². The molecule has 2 rings (SSSR count). The number of hydrogen-bond donors (Lipinski definition) is 1. The predicted molar refractivity (Wildman–Crippen MR) is 73.3 cm³/mol. The number of carbonyl (C=O) groups is 1. The minimum Gasteiger partial charge on any atom is -0.497 e. The van der Waals surface area contributed by atoms with Gasteiger partial charge in [0.1, 0.15) is 5.75 Å². The van der Waals surface area contributed by atoms with Crippen LogP contribution in [0.5, 0.6) is 5.75 Å². The first-order valence-corrected chi connectivity index (χ1v) is 6.06. The van der Waals surface area contributed by atoms with Crippen LogP contribution in [0.3, 0.4) is 0 Å². The Hall–Kier alpha value is -2.69. The van der Waals surface area contributed by atoms with Gasteiger partial charge >= 0.3 is 0 Å². The van der Waals surface area contributed by atoms with E-state index < -0.39 is 0 Å². The number of benzene rings is 1. The Balaban J connectivity index is 2.06. The molecule has 0 aliphatic rings. The SMILES string of the molecule is COc1ccc(C(=O)C[n+]2ccc(C=NO)cc2)cc1. The fourth-order valence-electron chi connectivity index (χ4n) is 1.76. The Morgan fingerprint density at radius 2 is 1.90 bits per heavy atom. The van der Waals surface area contributed by atoms with Crippen molar-refractivity contribution in [2.24, 2.45) is 5.16 Å². The van der Waals surface area contributed by atoms with Crippen molar-refractivity contribution in [1.29, 1.82) is 0 Å². The summed E-state index contributed by atoms with van der Waals surface area (Å²) in [6, 6.07) is 10.5. The second kappa shape index (κ2) is 6.47. The number of hydrogen-bond acceptors (Lipinski definition) is 4. The van der Waals surface area contributed by atoms with Crippen LogP contribution in [-0.4, -0.2) is 24.3 Å². The topological polar surface area (TPSA) is 62.8 Å². The van der Waals surface area contributed by atoms with Gasteiger partial charge in [0, 0.05) is 23.3 Å². The number of aromatic nitrogens is 1. The summed E-state index contributed by atoms with van der Waals surface area (Å²) in [6.45, 7) is 0.253. The minimum atomic E-state index is 0.0150. The fourth-order valence-corrected chi connectivity index (χ4v) is 1.76. The first kappa shape index (κ1) is 13.7. The average molecular weight is 271 g/mol. The zero-order valence-electron chi connectivity index (χ0n) is 11.1. The highest BCUT2D eigenvalue weighted by Gasteiger charge is 2.11. The average Bonchev–Trinajstić information content (AvgIpc) is 2.49. The monoisotopic (exact) mass is 271 g/mol. The number of oxime groups is 1. The second-order valence-electron chi connectivity index (χ2n) is 4.20. The van der Waals surface area contributed by atoms with Crippen LogP contribution in [0.2, 0.25) is 0 Å². The number of methoxy groups -OCH3 is 1. The van der Waals surface area contributed by atoms with E-state index in [2.05, 4.69) is 5.16 Å². The Kier molecular flexibility index (Phi) is 4.44. The van der Waals surface area contributed by atoms with E-state index in [0.29, 0.717) is 5.56 Å². The highest BCUT2D eigenvalue weighted by Crippen LogP contribution is 2.11. The highest BCUT2D eigenvalue weighted by atomic mass is 16.5. The summed E-state index contributed by atoms with van der Waals surface area (Å²) in [5.41, 5.74) is 1.40. The molecule has 5 heteroatoms. The molecule has 1 heterocycles. The lowest BCUT2D eigenvalue weighted by atomic mass is 10.1. The van der Waals surface area contributed by atoms with Crippen LogP contribution in [0.25, 0.3) is 0 Å². The van der Waals surface area contributed by atoms with Gasteiger partial charge in [-0.1, -0.05) is 5.16 Å². The zero-order valence-corrected chi connectivity index (χ0v) is 11.1. The number of carbonyl (C=O) groups excluding carboxylic acids is 1.